The van der Waals surface area contributed by atoms with Gasteiger partial charge >= 0.3 is 0 Å². The number of unbranched alkanes of at least 4 members (excludes halogenated alkanes) is 1. The molecule has 24 heavy (non-hydrogen) atoms. The molecule has 0 aliphatic rings. The number of hydrogen-bond acceptors (Lipinski definition) is 3. The van der Waals surface area contributed by atoms with Crippen LogP contribution < -0.4 is 10.6 Å². The van der Waals surface area contributed by atoms with Crippen LogP contribution in [-0.4, -0.2) is 45.5 Å². The number of nitrogens with zero attached hydrogens (tertiary/aromatic N) is 1. The number of rotatable bonds is 12. The third kappa shape index (κ3) is 10.2. The second kappa shape index (κ2) is 13.7. The molecule has 0 bridgehead atoms. The average molecular weight is 339 g/mol. The number of aliphatic imine (C=N–C) groups is 1. The zero-order chi connectivity index (χ0) is 17.5. The van der Waals surface area contributed by atoms with Crippen molar-refractivity contribution in [2.75, 3.05) is 39.5 Å². The molecular formula is C18H30FN3O2. The smallest absolute Gasteiger partial charge is 0.191 e. The Labute approximate surface area is 144 Å². The Morgan fingerprint density at radius 1 is 1.08 bits per heavy atom. The molecule has 1 rings (SSSR count). The SMILES string of the molecule is CCCCOCCOCCNC(=NCc1cccc(F)c1)NCC. The lowest BCUT2D eigenvalue weighted by molar-refractivity contribution is 0.0487. The predicted octanol–water partition coefficient (Wildman–Crippen LogP) is 2.71. The molecule has 0 fully saturated rings. The Hall–Kier alpha value is -1.66. The van der Waals surface area contributed by atoms with Gasteiger partial charge in [-0.3, -0.25) is 0 Å². The van der Waals surface area contributed by atoms with E-state index in [1.165, 1.54) is 12.1 Å². The third-order valence-electron chi connectivity index (χ3n) is 3.21. The molecule has 0 atom stereocenters. The number of benzene rings is 1. The topological polar surface area (TPSA) is 54.9 Å². The first-order valence-corrected chi connectivity index (χ1v) is 8.68. The van der Waals surface area contributed by atoms with Crippen LogP contribution in [0.1, 0.15) is 32.3 Å². The molecular weight excluding hydrogens is 309 g/mol. The van der Waals surface area contributed by atoms with Crippen LogP contribution in [0.5, 0.6) is 0 Å². The summed E-state index contributed by atoms with van der Waals surface area (Å²) in [4.78, 5) is 4.44. The van der Waals surface area contributed by atoms with Gasteiger partial charge in [-0.05, 0) is 31.0 Å². The molecule has 1 aromatic rings. The first-order chi connectivity index (χ1) is 11.8. The Balaban J connectivity index is 2.19. The van der Waals surface area contributed by atoms with Crippen LogP contribution in [0.2, 0.25) is 0 Å². The fraction of sp³-hybridized carbons (Fsp3) is 0.611. The molecule has 0 unspecified atom stereocenters. The molecule has 0 aromatic heterocycles. The van der Waals surface area contributed by atoms with Crippen LogP contribution in [0.4, 0.5) is 4.39 Å². The van der Waals surface area contributed by atoms with Crippen LogP contribution in [0, 0.1) is 5.82 Å². The zero-order valence-electron chi connectivity index (χ0n) is 14.8. The van der Waals surface area contributed by atoms with Crippen molar-refractivity contribution in [2.24, 2.45) is 4.99 Å². The quantitative estimate of drug-likeness (QED) is 0.349. The highest BCUT2D eigenvalue weighted by Crippen LogP contribution is 2.04. The van der Waals surface area contributed by atoms with E-state index in [9.17, 15) is 4.39 Å². The molecule has 0 radical (unpaired) electrons. The van der Waals surface area contributed by atoms with Crippen molar-refractivity contribution in [3.63, 3.8) is 0 Å². The minimum atomic E-state index is -0.241. The van der Waals surface area contributed by atoms with E-state index < -0.39 is 0 Å². The molecule has 2 N–H and O–H groups in total. The van der Waals surface area contributed by atoms with Gasteiger partial charge < -0.3 is 20.1 Å². The third-order valence-corrected chi connectivity index (χ3v) is 3.21. The summed E-state index contributed by atoms with van der Waals surface area (Å²) in [5.74, 6) is 0.458. The second-order valence-electron chi connectivity index (χ2n) is 5.33. The molecule has 5 nitrogen and oxygen atoms in total. The number of ether oxygens (including phenoxy) is 2. The highest BCUT2D eigenvalue weighted by atomic mass is 19.1. The van der Waals surface area contributed by atoms with E-state index in [4.69, 9.17) is 9.47 Å². The average Bonchev–Trinajstić information content (AvgIpc) is 2.58. The predicted molar refractivity (Wildman–Crippen MR) is 95.8 cm³/mol. The van der Waals surface area contributed by atoms with Gasteiger partial charge in [0.1, 0.15) is 5.82 Å². The van der Waals surface area contributed by atoms with E-state index in [0.29, 0.717) is 38.9 Å². The second-order valence-corrected chi connectivity index (χ2v) is 5.33. The summed E-state index contributed by atoms with van der Waals surface area (Å²) in [7, 11) is 0. The zero-order valence-corrected chi connectivity index (χ0v) is 14.8. The summed E-state index contributed by atoms with van der Waals surface area (Å²) in [6.45, 7) is 8.62. The van der Waals surface area contributed by atoms with Gasteiger partial charge in [0.2, 0.25) is 0 Å². The van der Waals surface area contributed by atoms with E-state index >= 15 is 0 Å². The number of halogens is 1. The maximum atomic E-state index is 13.2. The Bertz CT molecular complexity index is 469. The molecule has 0 saturated carbocycles. The molecule has 0 aliphatic carbocycles. The summed E-state index contributed by atoms with van der Waals surface area (Å²) < 4.78 is 24.1. The molecule has 0 aliphatic heterocycles. The van der Waals surface area contributed by atoms with Crippen LogP contribution in [0.25, 0.3) is 0 Å². The minimum Gasteiger partial charge on any atom is -0.379 e. The van der Waals surface area contributed by atoms with Crippen LogP contribution in [0.3, 0.4) is 0 Å². The summed E-state index contributed by atoms with van der Waals surface area (Å²) in [5, 5.41) is 6.35. The van der Waals surface area contributed by atoms with Crippen molar-refractivity contribution in [1.29, 1.82) is 0 Å². The van der Waals surface area contributed by atoms with Crippen LogP contribution >= 0.6 is 0 Å². The fourth-order valence-electron chi connectivity index (χ4n) is 1.96. The van der Waals surface area contributed by atoms with E-state index in [2.05, 4.69) is 22.5 Å². The van der Waals surface area contributed by atoms with Gasteiger partial charge in [-0.25, -0.2) is 9.38 Å². The van der Waals surface area contributed by atoms with E-state index in [-0.39, 0.29) is 5.82 Å². The lowest BCUT2D eigenvalue weighted by Crippen LogP contribution is -2.39. The van der Waals surface area contributed by atoms with Crippen molar-refractivity contribution in [3.05, 3.63) is 35.6 Å². The maximum absolute atomic E-state index is 13.2. The van der Waals surface area contributed by atoms with Crippen LogP contribution in [-0.2, 0) is 16.0 Å². The molecule has 0 amide bonds. The van der Waals surface area contributed by atoms with E-state index in [0.717, 1.165) is 31.6 Å². The molecule has 0 spiro atoms. The minimum absolute atomic E-state index is 0.241. The van der Waals surface area contributed by atoms with Crippen molar-refractivity contribution in [3.8, 4) is 0 Å². The monoisotopic (exact) mass is 339 g/mol. The lowest BCUT2D eigenvalue weighted by Gasteiger charge is -2.11. The van der Waals surface area contributed by atoms with Gasteiger partial charge in [0.05, 0.1) is 26.4 Å². The first-order valence-electron chi connectivity index (χ1n) is 8.68. The van der Waals surface area contributed by atoms with Gasteiger partial charge in [-0.2, -0.15) is 0 Å². The first kappa shape index (κ1) is 20.4. The van der Waals surface area contributed by atoms with Gasteiger partial charge in [-0.15, -0.1) is 0 Å². The van der Waals surface area contributed by atoms with Crippen molar-refractivity contribution in [2.45, 2.75) is 33.2 Å². The summed E-state index contributed by atoms with van der Waals surface area (Å²) in [6.07, 6.45) is 2.24. The van der Waals surface area contributed by atoms with Crippen molar-refractivity contribution >= 4 is 5.96 Å². The standard InChI is InChI=1S/C18H30FN3O2/c1-3-5-10-23-12-13-24-11-9-21-18(20-4-2)22-15-16-7-6-8-17(19)14-16/h6-8,14H,3-5,9-13,15H2,1-2H3,(H2,20,21,22). The molecule has 1 aromatic carbocycles. The highest BCUT2D eigenvalue weighted by Gasteiger charge is 1.98. The summed E-state index contributed by atoms with van der Waals surface area (Å²) in [5.41, 5.74) is 0.840. The number of nitrogens with one attached hydrogen (secondary N) is 2. The van der Waals surface area contributed by atoms with Gasteiger partial charge in [0.25, 0.3) is 0 Å². The van der Waals surface area contributed by atoms with E-state index in [1.54, 1.807) is 6.07 Å². The lowest BCUT2D eigenvalue weighted by atomic mass is 10.2. The largest absolute Gasteiger partial charge is 0.379 e. The molecule has 0 heterocycles. The van der Waals surface area contributed by atoms with Gasteiger partial charge in [0, 0.05) is 19.7 Å². The number of guanidine groups is 1. The van der Waals surface area contributed by atoms with Crippen LogP contribution in [0.15, 0.2) is 29.3 Å². The Morgan fingerprint density at radius 2 is 1.88 bits per heavy atom. The number of hydrogen-bond donors (Lipinski definition) is 2. The fourth-order valence-corrected chi connectivity index (χ4v) is 1.96. The van der Waals surface area contributed by atoms with Gasteiger partial charge in [0.15, 0.2) is 5.96 Å². The summed E-state index contributed by atoms with van der Waals surface area (Å²) in [6, 6.07) is 6.48. The molecule has 6 heteroatoms. The van der Waals surface area contributed by atoms with E-state index in [1.807, 2.05) is 13.0 Å². The van der Waals surface area contributed by atoms with Crippen molar-refractivity contribution < 1.29 is 13.9 Å². The Morgan fingerprint density at radius 3 is 2.58 bits per heavy atom. The Kier molecular flexibility index (Phi) is 11.7. The summed E-state index contributed by atoms with van der Waals surface area (Å²) >= 11 is 0. The molecule has 136 valence electrons. The highest BCUT2D eigenvalue weighted by molar-refractivity contribution is 5.79. The maximum Gasteiger partial charge on any atom is 0.191 e. The van der Waals surface area contributed by atoms with Crippen molar-refractivity contribution in [1.82, 2.24) is 10.6 Å². The molecule has 0 saturated heterocycles. The van der Waals surface area contributed by atoms with Gasteiger partial charge in [-0.1, -0.05) is 25.5 Å². The normalized spacial score (nSPS) is 11.5.